The predicted molar refractivity (Wildman–Crippen MR) is 52.4 cm³/mol. The molecule has 0 aliphatic rings. The van der Waals surface area contributed by atoms with Crippen molar-refractivity contribution in [3.63, 3.8) is 0 Å². The van der Waals surface area contributed by atoms with Crippen LogP contribution in [0.4, 0.5) is 5.69 Å². The molecule has 0 saturated heterocycles. The lowest BCUT2D eigenvalue weighted by atomic mass is 10.2. The Hall–Kier alpha value is -1.62. The molecule has 2 aromatic rings. The van der Waals surface area contributed by atoms with E-state index in [0.717, 1.165) is 5.52 Å². The first kappa shape index (κ1) is 8.96. The van der Waals surface area contributed by atoms with Crippen LogP contribution >= 0.6 is 11.6 Å². The highest BCUT2D eigenvalue weighted by Crippen LogP contribution is 2.29. The van der Waals surface area contributed by atoms with Gasteiger partial charge in [0, 0.05) is 18.5 Å². The van der Waals surface area contributed by atoms with Crippen LogP contribution in [0.15, 0.2) is 18.3 Å². The summed E-state index contributed by atoms with van der Waals surface area (Å²) in [6.45, 7) is 0. The lowest BCUT2D eigenvalue weighted by Gasteiger charge is -1.96. The van der Waals surface area contributed by atoms with Crippen LogP contribution in [0.5, 0.6) is 0 Å². The molecule has 72 valence electrons. The van der Waals surface area contributed by atoms with E-state index in [4.69, 9.17) is 11.6 Å². The highest BCUT2D eigenvalue weighted by Gasteiger charge is 2.14. The molecule has 0 unspecified atom stereocenters. The van der Waals surface area contributed by atoms with E-state index < -0.39 is 4.92 Å². The molecule has 0 bridgehead atoms. The number of halogens is 1. The van der Waals surface area contributed by atoms with E-state index in [1.165, 1.54) is 6.07 Å². The van der Waals surface area contributed by atoms with Crippen LogP contribution in [0, 0.1) is 10.1 Å². The zero-order chi connectivity index (χ0) is 10.3. The van der Waals surface area contributed by atoms with E-state index in [-0.39, 0.29) is 10.7 Å². The van der Waals surface area contributed by atoms with Crippen molar-refractivity contribution in [2.45, 2.75) is 0 Å². The topological polar surface area (TPSA) is 61.0 Å². The van der Waals surface area contributed by atoms with Crippen molar-refractivity contribution in [3.05, 3.63) is 33.5 Å². The number of nitrogens with zero attached hydrogens (tertiary/aromatic N) is 3. The van der Waals surface area contributed by atoms with Gasteiger partial charge in [-0.2, -0.15) is 5.10 Å². The molecule has 6 heteroatoms. The van der Waals surface area contributed by atoms with Crippen molar-refractivity contribution in [3.8, 4) is 0 Å². The van der Waals surface area contributed by atoms with E-state index in [2.05, 4.69) is 5.10 Å². The minimum absolute atomic E-state index is 0.0906. The van der Waals surface area contributed by atoms with Crippen LogP contribution in [-0.2, 0) is 7.05 Å². The fourth-order valence-corrected chi connectivity index (χ4v) is 1.53. The Morgan fingerprint density at radius 1 is 1.57 bits per heavy atom. The van der Waals surface area contributed by atoms with E-state index in [1.54, 1.807) is 24.0 Å². The number of benzene rings is 1. The second-order valence-electron chi connectivity index (χ2n) is 2.89. The van der Waals surface area contributed by atoms with Gasteiger partial charge in [-0.1, -0.05) is 11.6 Å². The lowest BCUT2D eigenvalue weighted by molar-refractivity contribution is -0.384. The Bertz CT molecular complexity index is 521. The molecule has 0 amide bonds. The molecule has 0 N–H and O–H groups in total. The summed E-state index contributed by atoms with van der Waals surface area (Å²) in [7, 11) is 1.75. The molecular weight excluding hydrogens is 206 g/mol. The Morgan fingerprint density at radius 2 is 2.29 bits per heavy atom. The maximum Gasteiger partial charge on any atom is 0.288 e. The minimum atomic E-state index is -0.505. The van der Waals surface area contributed by atoms with Crippen molar-refractivity contribution in [1.29, 1.82) is 0 Å². The molecule has 14 heavy (non-hydrogen) atoms. The number of nitro groups is 1. The molecular formula is C8H6ClN3O2. The van der Waals surface area contributed by atoms with Crippen molar-refractivity contribution in [2.24, 2.45) is 7.05 Å². The second-order valence-corrected chi connectivity index (χ2v) is 3.29. The SMILES string of the molecule is Cn1ncc2cc([N+](=O)[O-])c(Cl)cc21. The van der Waals surface area contributed by atoms with Crippen molar-refractivity contribution in [1.82, 2.24) is 9.78 Å². The summed E-state index contributed by atoms with van der Waals surface area (Å²) in [6.07, 6.45) is 1.57. The maximum atomic E-state index is 10.6. The predicted octanol–water partition coefficient (Wildman–Crippen LogP) is 2.13. The summed E-state index contributed by atoms with van der Waals surface area (Å²) >= 11 is 5.74. The molecule has 1 heterocycles. The molecule has 1 aromatic heterocycles. The molecule has 5 nitrogen and oxygen atoms in total. The molecule has 0 fully saturated rings. The molecule has 2 rings (SSSR count). The van der Waals surface area contributed by atoms with Crippen molar-refractivity contribution in [2.75, 3.05) is 0 Å². The number of aromatic nitrogens is 2. The van der Waals surface area contributed by atoms with Gasteiger partial charge in [0.1, 0.15) is 5.02 Å². The third-order valence-corrected chi connectivity index (χ3v) is 2.31. The van der Waals surface area contributed by atoms with E-state index in [9.17, 15) is 10.1 Å². The van der Waals surface area contributed by atoms with Gasteiger partial charge < -0.3 is 0 Å². The quantitative estimate of drug-likeness (QED) is 0.536. The molecule has 0 aliphatic carbocycles. The van der Waals surface area contributed by atoms with Crippen molar-refractivity contribution < 1.29 is 4.92 Å². The summed E-state index contributed by atoms with van der Waals surface area (Å²) in [5.74, 6) is 0. The first-order chi connectivity index (χ1) is 6.59. The lowest BCUT2D eigenvalue weighted by Crippen LogP contribution is -1.91. The second kappa shape index (κ2) is 2.95. The van der Waals surface area contributed by atoms with Gasteiger partial charge in [-0.15, -0.1) is 0 Å². The molecule has 0 aliphatic heterocycles. The van der Waals surface area contributed by atoms with Crippen LogP contribution in [0.25, 0.3) is 10.9 Å². The van der Waals surface area contributed by atoms with Gasteiger partial charge in [0.05, 0.1) is 16.6 Å². The van der Waals surface area contributed by atoms with Crippen molar-refractivity contribution >= 4 is 28.2 Å². The number of aryl methyl sites for hydroxylation is 1. The van der Waals surface area contributed by atoms with Crippen LogP contribution in [0.3, 0.4) is 0 Å². The standard InChI is InChI=1S/C8H6ClN3O2/c1-11-7-3-6(9)8(12(13)14)2-5(7)4-10-11/h2-4H,1H3. The zero-order valence-electron chi connectivity index (χ0n) is 7.27. The summed E-state index contributed by atoms with van der Waals surface area (Å²) in [6, 6.07) is 2.96. The van der Waals surface area contributed by atoms with E-state index >= 15 is 0 Å². The Labute approximate surface area is 84.0 Å². The first-order valence-corrected chi connectivity index (χ1v) is 4.23. The van der Waals surface area contributed by atoms with Gasteiger partial charge in [0.15, 0.2) is 0 Å². The monoisotopic (exact) mass is 211 g/mol. The average molecular weight is 212 g/mol. The fraction of sp³-hybridized carbons (Fsp3) is 0.125. The van der Waals surface area contributed by atoms with Gasteiger partial charge in [-0.3, -0.25) is 14.8 Å². The van der Waals surface area contributed by atoms with E-state index in [1.807, 2.05) is 0 Å². The third kappa shape index (κ3) is 1.22. The van der Waals surface area contributed by atoms with Crippen LogP contribution in [-0.4, -0.2) is 14.7 Å². The Kier molecular flexibility index (Phi) is 1.89. The summed E-state index contributed by atoms with van der Waals surface area (Å²) < 4.78 is 1.62. The average Bonchev–Trinajstić information content (AvgIpc) is 2.46. The highest BCUT2D eigenvalue weighted by molar-refractivity contribution is 6.33. The molecule has 0 spiro atoms. The van der Waals surface area contributed by atoms with E-state index in [0.29, 0.717) is 5.39 Å². The molecule has 0 saturated carbocycles. The highest BCUT2D eigenvalue weighted by atomic mass is 35.5. The van der Waals surface area contributed by atoms with Gasteiger partial charge >= 0.3 is 0 Å². The third-order valence-electron chi connectivity index (χ3n) is 2.01. The van der Waals surface area contributed by atoms with Gasteiger partial charge in [-0.25, -0.2) is 0 Å². The molecule has 0 atom stereocenters. The smallest absolute Gasteiger partial charge is 0.268 e. The van der Waals surface area contributed by atoms with Gasteiger partial charge in [0.25, 0.3) is 5.69 Å². The summed E-state index contributed by atoms with van der Waals surface area (Å²) in [5.41, 5.74) is 0.688. The van der Waals surface area contributed by atoms with Gasteiger partial charge in [0.2, 0.25) is 0 Å². The Morgan fingerprint density at radius 3 is 2.93 bits per heavy atom. The molecule has 0 radical (unpaired) electrons. The van der Waals surface area contributed by atoms with Crippen LogP contribution < -0.4 is 0 Å². The van der Waals surface area contributed by atoms with Crippen LogP contribution in [0.2, 0.25) is 5.02 Å². The number of fused-ring (bicyclic) bond motifs is 1. The fourth-order valence-electron chi connectivity index (χ4n) is 1.30. The largest absolute Gasteiger partial charge is 0.288 e. The minimum Gasteiger partial charge on any atom is -0.268 e. The number of rotatable bonds is 1. The first-order valence-electron chi connectivity index (χ1n) is 3.85. The maximum absolute atomic E-state index is 10.6. The summed E-state index contributed by atoms with van der Waals surface area (Å²) in [5, 5.41) is 15.4. The van der Waals surface area contributed by atoms with Gasteiger partial charge in [-0.05, 0) is 6.07 Å². The summed E-state index contributed by atoms with van der Waals surface area (Å²) in [4.78, 5) is 10.1. The number of hydrogen-bond donors (Lipinski definition) is 0. The number of hydrogen-bond acceptors (Lipinski definition) is 3. The Balaban J connectivity index is 2.79. The number of nitro benzene ring substituents is 1. The zero-order valence-corrected chi connectivity index (χ0v) is 8.02. The molecule has 1 aromatic carbocycles. The van der Waals surface area contributed by atoms with Crippen LogP contribution in [0.1, 0.15) is 0 Å². The normalized spacial score (nSPS) is 10.7.